The molecule has 0 spiro atoms. The lowest BCUT2D eigenvalue weighted by molar-refractivity contribution is -0.344. The number of carbonyl (C=O) groups excluding carboxylic acids is 1. The number of carbonyl (C=O) groups is 1. The van der Waals surface area contributed by atoms with Crippen molar-refractivity contribution in [3.63, 3.8) is 0 Å². The van der Waals surface area contributed by atoms with E-state index in [2.05, 4.69) is 0 Å². The van der Waals surface area contributed by atoms with Crippen LogP contribution in [0.1, 0.15) is 0 Å². The number of piperazine rings is 1. The zero-order valence-electron chi connectivity index (χ0n) is 10.3. The van der Waals surface area contributed by atoms with Crippen molar-refractivity contribution in [3.05, 3.63) is 0 Å². The van der Waals surface area contributed by atoms with Crippen LogP contribution < -0.4 is 5.43 Å². The maximum Gasteiger partial charge on any atom is 0.460 e. The minimum absolute atomic E-state index is 0.0376. The summed E-state index contributed by atoms with van der Waals surface area (Å²) in [5.74, 6) is -15.0. The minimum atomic E-state index is -6.52. The van der Waals surface area contributed by atoms with E-state index in [0.717, 1.165) is 5.01 Å². The first-order chi connectivity index (χ1) is 8.89. The van der Waals surface area contributed by atoms with Crippen LogP contribution in [0, 0.1) is 0 Å². The van der Waals surface area contributed by atoms with Crippen LogP contribution in [-0.2, 0) is 4.79 Å². The third-order valence-electron chi connectivity index (χ3n) is 2.80. The van der Waals surface area contributed by atoms with Gasteiger partial charge >= 0.3 is 23.9 Å². The van der Waals surface area contributed by atoms with E-state index in [9.17, 15) is 35.5 Å². The molecular weight excluding hydrogens is 299 g/mol. The number of halogens is 7. The first kappa shape index (κ1) is 17.0. The number of likely N-dealkylation sites (N-methyl/N-ethyl adjacent to an activating group) is 1. The molecule has 0 aromatic rings. The number of nitrogens with zero attached hydrogens (tertiary/aromatic N) is 2. The van der Waals surface area contributed by atoms with Crippen molar-refractivity contribution in [2.45, 2.75) is 18.0 Å². The van der Waals surface area contributed by atoms with Gasteiger partial charge in [0.05, 0.1) is 0 Å². The number of hydrogen-bond acceptors (Lipinski definition) is 3. The molecule has 0 aromatic heterocycles. The molecule has 20 heavy (non-hydrogen) atoms. The topological polar surface area (TPSA) is 35.6 Å². The molecule has 1 aliphatic rings. The van der Waals surface area contributed by atoms with Crippen LogP contribution in [0.4, 0.5) is 30.7 Å². The Morgan fingerprint density at radius 1 is 0.950 bits per heavy atom. The predicted octanol–water partition coefficient (Wildman–Crippen LogP) is 1.10. The van der Waals surface area contributed by atoms with Crippen molar-refractivity contribution >= 4 is 5.91 Å². The maximum absolute atomic E-state index is 13.0. The molecular formula is C9H12F7N3O. The number of hydrazine groups is 1. The summed E-state index contributed by atoms with van der Waals surface area (Å²) in [5.41, 5.74) is 1.40. The molecule has 118 valence electrons. The summed E-state index contributed by atoms with van der Waals surface area (Å²) in [6.45, 7) is 0.773. The summed E-state index contributed by atoms with van der Waals surface area (Å²) >= 11 is 0. The van der Waals surface area contributed by atoms with Gasteiger partial charge in [-0.15, -0.1) is 0 Å². The average molecular weight is 311 g/mol. The van der Waals surface area contributed by atoms with E-state index >= 15 is 0 Å². The highest BCUT2D eigenvalue weighted by molar-refractivity contribution is 5.84. The van der Waals surface area contributed by atoms with Crippen molar-refractivity contribution in [2.24, 2.45) is 0 Å². The van der Waals surface area contributed by atoms with Crippen LogP contribution in [-0.4, -0.2) is 67.1 Å². The highest BCUT2D eigenvalue weighted by atomic mass is 19.4. The molecule has 1 fully saturated rings. The fourth-order valence-corrected chi connectivity index (χ4v) is 1.45. The molecule has 0 saturated carbocycles. The summed E-state index contributed by atoms with van der Waals surface area (Å²) in [7, 11) is 1.70. The van der Waals surface area contributed by atoms with E-state index in [1.807, 2.05) is 0 Å². The molecule has 1 saturated heterocycles. The molecule has 0 aliphatic carbocycles. The fraction of sp³-hybridized carbons (Fsp3) is 0.889. The molecule has 1 heterocycles. The highest BCUT2D eigenvalue weighted by Gasteiger charge is 2.76. The third kappa shape index (κ3) is 3.14. The van der Waals surface area contributed by atoms with Gasteiger partial charge in [-0.2, -0.15) is 30.7 Å². The van der Waals surface area contributed by atoms with Gasteiger partial charge in [0.2, 0.25) is 0 Å². The van der Waals surface area contributed by atoms with Gasteiger partial charge in [-0.3, -0.25) is 10.2 Å². The first-order valence-electron chi connectivity index (χ1n) is 5.46. The second-order valence-electron chi connectivity index (χ2n) is 4.38. The van der Waals surface area contributed by atoms with Crippen LogP contribution in [0.15, 0.2) is 0 Å². The number of alkyl halides is 7. The van der Waals surface area contributed by atoms with Crippen molar-refractivity contribution in [2.75, 3.05) is 33.2 Å². The van der Waals surface area contributed by atoms with Gasteiger partial charge in [-0.05, 0) is 7.05 Å². The zero-order valence-corrected chi connectivity index (χ0v) is 10.3. The van der Waals surface area contributed by atoms with Gasteiger partial charge in [0.15, 0.2) is 0 Å². The molecule has 11 heteroatoms. The predicted molar refractivity (Wildman–Crippen MR) is 53.2 cm³/mol. The molecule has 1 rings (SSSR count). The maximum atomic E-state index is 13.0. The third-order valence-corrected chi connectivity index (χ3v) is 2.80. The summed E-state index contributed by atoms with van der Waals surface area (Å²) in [4.78, 5) is 12.8. The van der Waals surface area contributed by atoms with Gasteiger partial charge in [0.1, 0.15) is 0 Å². The molecule has 1 N–H and O–H groups in total. The van der Waals surface area contributed by atoms with E-state index in [1.54, 1.807) is 11.9 Å². The summed E-state index contributed by atoms with van der Waals surface area (Å²) < 4.78 is 86.9. The summed E-state index contributed by atoms with van der Waals surface area (Å²) in [5, 5.41) is 0.878. The molecule has 1 amide bonds. The van der Waals surface area contributed by atoms with E-state index in [4.69, 9.17) is 0 Å². The van der Waals surface area contributed by atoms with Crippen molar-refractivity contribution < 1.29 is 35.5 Å². The molecule has 0 atom stereocenters. The first-order valence-corrected chi connectivity index (χ1v) is 5.46. The SMILES string of the molecule is CN1CCN(NC(=O)C(F)(F)C(F)(F)C(F)(F)F)CC1. The quantitative estimate of drug-likeness (QED) is 0.793. The Labute approximate surface area is 109 Å². The molecule has 4 nitrogen and oxygen atoms in total. The second-order valence-corrected chi connectivity index (χ2v) is 4.38. The van der Waals surface area contributed by atoms with Crippen LogP contribution in [0.3, 0.4) is 0 Å². The standard InChI is InChI=1S/C9H12F7N3O/c1-18-2-4-19(5-3-18)17-6(20)7(10,11)8(12,13)9(14,15)16/h2-5H2,1H3,(H,17,20). The zero-order chi connectivity index (χ0) is 15.8. The summed E-state index contributed by atoms with van der Waals surface area (Å²) in [6, 6.07) is 0. The minimum Gasteiger partial charge on any atom is -0.304 e. The van der Waals surface area contributed by atoms with Gasteiger partial charge in [-0.1, -0.05) is 0 Å². The van der Waals surface area contributed by atoms with Crippen LogP contribution in [0.25, 0.3) is 0 Å². The Kier molecular flexibility index (Phi) is 4.54. The Balaban J connectivity index is 2.75. The number of hydrogen-bond donors (Lipinski definition) is 1. The van der Waals surface area contributed by atoms with Gasteiger partial charge in [-0.25, -0.2) is 5.01 Å². The molecule has 0 bridgehead atoms. The van der Waals surface area contributed by atoms with E-state index < -0.39 is 23.9 Å². The van der Waals surface area contributed by atoms with Crippen LogP contribution in [0.2, 0.25) is 0 Å². The Morgan fingerprint density at radius 3 is 1.80 bits per heavy atom. The normalized spacial score (nSPS) is 20.0. The van der Waals surface area contributed by atoms with Gasteiger partial charge in [0.25, 0.3) is 0 Å². The average Bonchev–Trinajstić information content (AvgIpc) is 2.30. The lowest BCUT2D eigenvalue weighted by Crippen LogP contribution is -2.63. The highest BCUT2D eigenvalue weighted by Crippen LogP contribution is 2.46. The van der Waals surface area contributed by atoms with Gasteiger partial charge in [0, 0.05) is 26.2 Å². The smallest absolute Gasteiger partial charge is 0.304 e. The van der Waals surface area contributed by atoms with Crippen LogP contribution in [0.5, 0.6) is 0 Å². The second kappa shape index (κ2) is 5.35. The number of amides is 1. The fourth-order valence-electron chi connectivity index (χ4n) is 1.45. The molecule has 0 radical (unpaired) electrons. The Bertz CT molecular complexity index is 363. The van der Waals surface area contributed by atoms with E-state index in [1.165, 1.54) is 5.43 Å². The number of nitrogens with one attached hydrogen (secondary N) is 1. The van der Waals surface area contributed by atoms with Crippen LogP contribution >= 0.6 is 0 Å². The Hall–Kier alpha value is -1.10. The van der Waals surface area contributed by atoms with E-state index in [-0.39, 0.29) is 13.1 Å². The number of rotatable bonds is 3. The van der Waals surface area contributed by atoms with Gasteiger partial charge < -0.3 is 4.90 Å². The largest absolute Gasteiger partial charge is 0.460 e. The van der Waals surface area contributed by atoms with E-state index in [0.29, 0.717) is 13.1 Å². The monoisotopic (exact) mass is 311 g/mol. The molecule has 1 aliphatic heterocycles. The summed E-state index contributed by atoms with van der Waals surface area (Å²) in [6.07, 6.45) is -6.52. The van der Waals surface area contributed by atoms with Crippen molar-refractivity contribution in [3.8, 4) is 0 Å². The van der Waals surface area contributed by atoms with Crippen molar-refractivity contribution in [1.29, 1.82) is 0 Å². The van der Waals surface area contributed by atoms with Crippen molar-refractivity contribution in [1.82, 2.24) is 15.3 Å². The Morgan fingerprint density at radius 2 is 1.40 bits per heavy atom. The molecule has 0 unspecified atom stereocenters. The lowest BCUT2D eigenvalue weighted by Gasteiger charge is -2.34. The molecule has 0 aromatic carbocycles. The lowest BCUT2D eigenvalue weighted by atomic mass is 10.1.